The Labute approximate surface area is 164 Å². The number of hydrogen-bond donors (Lipinski definition) is 1. The van der Waals surface area contributed by atoms with Gasteiger partial charge in [0.05, 0.1) is 11.3 Å². The van der Waals surface area contributed by atoms with Crippen LogP contribution < -0.4 is 10.2 Å². The van der Waals surface area contributed by atoms with E-state index in [4.69, 9.17) is 4.84 Å². The van der Waals surface area contributed by atoms with Gasteiger partial charge in [0.2, 0.25) is 0 Å². The first-order chi connectivity index (χ1) is 13.2. The number of nitrogens with one attached hydrogen (secondary N) is 1. The minimum Gasteiger partial charge on any atom is -0.349 e. The molecule has 2 aliphatic rings. The summed E-state index contributed by atoms with van der Waals surface area (Å²) >= 11 is 3.47. The van der Waals surface area contributed by atoms with E-state index in [0.717, 1.165) is 27.0 Å². The number of carbonyl (C=O) groups is 1. The number of halogens is 1. The second-order valence-electron chi connectivity index (χ2n) is 6.33. The van der Waals surface area contributed by atoms with E-state index in [0.29, 0.717) is 5.84 Å². The van der Waals surface area contributed by atoms with Gasteiger partial charge in [-0.05, 0) is 30.3 Å². The molecule has 1 N–H and O–H groups in total. The van der Waals surface area contributed by atoms with Crippen LogP contribution in [0.3, 0.4) is 0 Å². The molecular weight excluding hydrogens is 406 g/mol. The Bertz CT molecular complexity index is 1070. The van der Waals surface area contributed by atoms with Crippen LogP contribution in [0.1, 0.15) is 11.1 Å². The average molecular weight is 420 g/mol. The second kappa shape index (κ2) is 5.96. The van der Waals surface area contributed by atoms with E-state index < -0.39 is 5.72 Å². The van der Waals surface area contributed by atoms with Crippen LogP contribution in [0, 0.1) is 0 Å². The zero-order chi connectivity index (χ0) is 18.4. The van der Waals surface area contributed by atoms with Crippen molar-refractivity contribution in [1.82, 2.24) is 0 Å². The van der Waals surface area contributed by atoms with Gasteiger partial charge in [-0.1, -0.05) is 69.6 Å². The fourth-order valence-corrected chi connectivity index (χ4v) is 3.80. The molecule has 5 rings (SSSR count). The van der Waals surface area contributed by atoms with Gasteiger partial charge in [-0.2, -0.15) is 0 Å². The van der Waals surface area contributed by atoms with Crippen LogP contribution in [-0.4, -0.2) is 11.7 Å². The first-order valence-electron chi connectivity index (χ1n) is 8.48. The highest BCUT2D eigenvalue weighted by atomic mass is 79.9. The van der Waals surface area contributed by atoms with Crippen molar-refractivity contribution in [3.8, 4) is 0 Å². The van der Waals surface area contributed by atoms with E-state index in [2.05, 4.69) is 26.4 Å². The second-order valence-corrected chi connectivity index (χ2v) is 7.24. The van der Waals surface area contributed by atoms with Crippen LogP contribution in [0.4, 0.5) is 11.4 Å². The molecule has 5 nitrogen and oxygen atoms in total. The molecule has 2 heterocycles. The summed E-state index contributed by atoms with van der Waals surface area (Å²) in [7, 11) is 0. The van der Waals surface area contributed by atoms with Crippen molar-refractivity contribution in [3.05, 3.63) is 94.5 Å². The molecule has 27 heavy (non-hydrogen) atoms. The molecule has 1 spiro atoms. The minimum absolute atomic E-state index is 0.263. The van der Waals surface area contributed by atoms with E-state index in [-0.39, 0.29) is 5.91 Å². The summed E-state index contributed by atoms with van der Waals surface area (Å²) in [6.07, 6.45) is 0. The molecule has 6 heteroatoms. The van der Waals surface area contributed by atoms with E-state index >= 15 is 0 Å². The molecule has 0 saturated carbocycles. The molecule has 1 amide bonds. The first kappa shape index (κ1) is 16.1. The van der Waals surface area contributed by atoms with Crippen LogP contribution >= 0.6 is 15.9 Å². The molecule has 0 saturated heterocycles. The Morgan fingerprint density at radius 1 is 0.926 bits per heavy atom. The van der Waals surface area contributed by atoms with Gasteiger partial charge >= 0.3 is 5.72 Å². The van der Waals surface area contributed by atoms with Gasteiger partial charge in [0.1, 0.15) is 0 Å². The number of carbonyl (C=O) groups excluding carboxylic acids is 1. The van der Waals surface area contributed by atoms with Gasteiger partial charge in [-0.15, -0.1) is 0 Å². The molecule has 0 aliphatic carbocycles. The SMILES string of the molecule is O=C1Nc2ccccc2C12ON=C(c1ccccc1)N2c1ccc(Br)cc1. The molecular formula is C21H14BrN3O2. The fraction of sp³-hybridized carbons (Fsp3) is 0.0476. The largest absolute Gasteiger partial charge is 0.349 e. The van der Waals surface area contributed by atoms with Gasteiger partial charge in [0.15, 0.2) is 5.84 Å². The zero-order valence-electron chi connectivity index (χ0n) is 14.1. The lowest BCUT2D eigenvalue weighted by atomic mass is 10.00. The number of nitrogens with zero attached hydrogens (tertiary/aromatic N) is 2. The number of para-hydroxylation sites is 1. The maximum Gasteiger partial charge on any atom is 0.322 e. The lowest BCUT2D eigenvalue weighted by Crippen LogP contribution is -2.51. The molecule has 0 fully saturated rings. The number of oxime groups is 1. The highest BCUT2D eigenvalue weighted by molar-refractivity contribution is 9.10. The standard InChI is InChI=1S/C21H14BrN3O2/c22-15-10-12-16(13-11-15)25-19(14-6-2-1-3-7-14)24-27-21(25)17-8-4-5-9-18(17)23-20(21)26/h1-13H,(H,23,26). The Hall–Kier alpha value is -3.12. The topological polar surface area (TPSA) is 53.9 Å². The summed E-state index contributed by atoms with van der Waals surface area (Å²) in [5.74, 6) is 0.325. The number of benzene rings is 3. The molecule has 3 aromatic rings. The third-order valence-electron chi connectivity index (χ3n) is 4.76. The Morgan fingerprint density at radius 3 is 2.41 bits per heavy atom. The van der Waals surface area contributed by atoms with Crippen molar-refractivity contribution in [2.75, 3.05) is 10.2 Å². The first-order valence-corrected chi connectivity index (χ1v) is 9.28. The highest BCUT2D eigenvalue weighted by Gasteiger charge is 2.59. The number of hydrogen-bond acceptors (Lipinski definition) is 4. The summed E-state index contributed by atoms with van der Waals surface area (Å²) in [5, 5.41) is 7.27. The molecule has 1 atom stereocenters. The molecule has 2 aliphatic heterocycles. The summed E-state index contributed by atoms with van der Waals surface area (Å²) in [6, 6.07) is 25.0. The normalized spacial score (nSPS) is 20.3. The maximum atomic E-state index is 13.1. The summed E-state index contributed by atoms with van der Waals surface area (Å²) in [5.41, 5.74) is 1.79. The van der Waals surface area contributed by atoms with Gasteiger partial charge in [-0.3, -0.25) is 9.69 Å². The quantitative estimate of drug-likeness (QED) is 0.667. The third-order valence-corrected chi connectivity index (χ3v) is 5.28. The fourth-order valence-electron chi connectivity index (χ4n) is 3.53. The van der Waals surface area contributed by atoms with E-state index in [9.17, 15) is 4.79 Å². The monoisotopic (exact) mass is 419 g/mol. The van der Waals surface area contributed by atoms with Crippen LogP contribution in [0.5, 0.6) is 0 Å². The van der Waals surface area contributed by atoms with Crippen molar-refractivity contribution < 1.29 is 9.63 Å². The third kappa shape index (κ3) is 2.30. The smallest absolute Gasteiger partial charge is 0.322 e. The van der Waals surface area contributed by atoms with Crippen molar-refractivity contribution in [2.45, 2.75) is 5.72 Å². The number of amides is 1. The Morgan fingerprint density at radius 2 is 1.63 bits per heavy atom. The zero-order valence-corrected chi connectivity index (χ0v) is 15.7. The lowest BCUT2D eigenvalue weighted by molar-refractivity contribution is -0.137. The molecule has 0 bridgehead atoms. The van der Waals surface area contributed by atoms with E-state index in [1.807, 2.05) is 83.8 Å². The van der Waals surface area contributed by atoms with Crippen molar-refractivity contribution in [2.24, 2.45) is 5.16 Å². The van der Waals surface area contributed by atoms with E-state index in [1.54, 1.807) is 0 Å². The van der Waals surface area contributed by atoms with Gasteiger partial charge in [0.25, 0.3) is 5.91 Å². The van der Waals surface area contributed by atoms with Gasteiger partial charge in [-0.25, -0.2) is 0 Å². The summed E-state index contributed by atoms with van der Waals surface area (Å²) < 4.78 is 0.954. The van der Waals surface area contributed by atoms with Crippen LogP contribution in [0.15, 0.2) is 88.5 Å². The maximum absolute atomic E-state index is 13.1. The summed E-state index contributed by atoms with van der Waals surface area (Å²) in [6.45, 7) is 0. The predicted octanol–water partition coefficient (Wildman–Crippen LogP) is 4.45. The molecule has 1 unspecified atom stereocenters. The number of anilines is 2. The molecule has 0 radical (unpaired) electrons. The number of fused-ring (bicyclic) bond motifs is 2. The average Bonchev–Trinajstić information content (AvgIpc) is 3.23. The van der Waals surface area contributed by atoms with Crippen LogP contribution in [-0.2, 0) is 15.4 Å². The number of rotatable bonds is 2. The van der Waals surface area contributed by atoms with Crippen molar-refractivity contribution in [1.29, 1.82) is 0 Å². The van der Waals surface area contributed by atoms with Crippen molar-refractivity contribution in [3.63, 3.8) is 0 Å². The molecule has 0 aromatic heterocycles. The highest BCUT2D eigenvalue weighted by Crippen LogP contribution is 2.47. The van der Waals surface area contributed by atoms with Crippen molar-refractivity contribution >= 4 is 39.0 Å². The molecule has 132 valence electrons. The van der Waals surface area contributed by atoms with Crippen LogP contribution in [0.25, 0.3) is 0 Å². The lowest BCUT2D eigenvalue weighted by Gasteiger charge is -2.32. The number of amidine groups is 1. The molecule has 3 aromatic carbocycles. The van der Waals surface area contributed by atoms with E-state index in [1.165, 1.54) is 0 Å². The Kier molecular flexibility index (Phi) is 3.55. The Balaban J connectivity index is 1.73. The minimum atomic E-state index is -1.37. The summed E-state index contributed by atoms with van der Waals surface area (Å²) in [4.78, 5) is 20.9. The predicted molar refractivity (Wildman–Crippen MR) is 107 cm³/mol. The van der Waals surface area contributed by atoms with Crippen LogP contribution in [0.2, 0.25) is 0 Å². The van der Waals surface area contributed by atoms with Gasteiger partial charge < -0.3 is 10.2 Å². The van der Waals surface area contributed by atoms with Gasteiger partial charge in [0, 0.05) is 15.7 Å².